The Labute approximate surface area is 111 Å². The third-order valence-corrected chi connectivity index (χ3v) is 3.60. The van der Waals surface area contributed by atoms with Gasteiger partial charge in [0, 0.05) is 12.1 Å². The third-order valence-electron chi connectivity index (χ3n) is 3.60. The van der Waals surface area contributed by atoms with E-state index in [-0.39, 0.29) is 11.8 Å². The van der Waals surface area contributed by atoms with Crippen molar-refractivity contribution in [3.05, 3.63) is 41.5 Å². The molecule has 1 aromatic carbocycles. The Morgan fingerprint density at radius 2 is 2.26 bits per heavy atom. The van der Waals surface area contributed by atoms with E-state index >= 15 is 0 Å². The van der Waals surface area contributed by atoms with Crippen LogP contribution >= 0.6 is 0 Å². The van der Waals surface area contributed by atoms with Gasteiger partial charge < -0.3 is 15.0 Å². The predicted octanol–water partition coefficient (Wildman–Crippen LogP) is 2.05. The fraction of sp³-hybridized carbons (Fsp3) is 0.429. The number of hydrogen-bond acceptors (Lipinski definition) is 5. The van der Waals surface area contributed by atoms with Crippen LogP contribution in [0.15, 0.2) is 28.8 Å². The first-order chi connectivity index (χ1) is 9.33. The molecule has 2 unspecified atom stereocenters. The molecule has 0 fully saturated rings. The zero-order valence-corrected chi connectivity index (χ0v) is 10.9. The number of nitrogens with two attached hydrogens (primary N) is 1. The van der Waals surface area contributed by atoms with Gasteiger partial charge in [0.1, 0.15) is 12.4 Å². The highest BCUT2D eigenvalue weighted by Crippen LogP contribution is 2.36. The lowest BCUT2D eigenvalue weighted by atomic mass is 10.0. The van der Waals surface area contributed by atoms with Crippen LogP contribution in [0.25, 0.3) is 0 Å². The maximum atomic E-state index is 5.70. The van der Waals surface area contributed by atoms with Crippen LogP contribution in [0, 0.1) is 0 Å². The van der Waals surface area contributed by atoms with Crippen LogP contribution in [-0.2, 0) is 0 Å². The molecule has 0 saturated carbocycles. The van der Waals surface area contributed by atoms with Crippen LogP contribution in [0.3, 0.4) is 0 Å². The summed E-state index contributed by atoms with van der Waals surface area (Å²) in [5.74, 6) is 2.42. The van der Waals surface area contributed by atoms with Crippen LogP contribution in [0.4, 0.5) is 0 Å². The molecule has 2 atom stereocenters. The number of aromatic nitrogens is 2. The highest BCUT2D eigenvalue weighted by molar-refractivity contribution is 5.42. The molecule has 0 spiro atoms. The van der Waals surface area contributed by atoms with Crippen LogP contribution in [0.2, 0.25) is 0 Å². The van der Waals surface area contributed by atoms with Crippen LogP contribution in [-0.4, -0.2) is 23.3 Å². The van der Waals surface area contributed by atoms with Crippen molar-refractivity contribution in [2.45, 2.75) is 25.2 Å². The molecule has 1 aliphatic heterocycles. The molecule has 0 saturated heterocycles. The van der Waals surface area contributed by atoms with Gasteiger partial charge in [0.15, 0.2) is 5.82 Å². The zero-order valence-electron chi connectivity index (χ0n) is 10.9. The van der Waals surface area contributed by atoms with Crippen LogP contribution < -0.4 is 10.5 Å². The van der Waals surface area contributed by atoms with Crippen molar-refractivity contribution < 1.29 is 9.26 Å². The first-order valence-electron chi connectivity index (χ1n) is 6.58. The quantitative estimate of drug-likeness (QED) is 0.909. The average Bonchev–Trinajstić information content (AvgIpc) is 3.06. The van der Waals surface area contributed by atoms with E-state index in [1.165, 1.54) is 0 Å². The van der Waals surface area contributed by atoms with E-state index in [2.05, 4.69) is 17.1 Å². The van der Waals surface area contributed by atoms with Crippen molar-refractivity contribution in [1.29, 1.82) is 0 Å². The maximum absolute atomic E-state index is 5.70. The maximum Gasteiger partial charge on any atom is 0.231 e. The van der Waals surface area contributed by atoms with Crippen molar-refractivity contribution in [2.75, 3.05) is 13.2 Å². The highest BCUT2D eigenvalue weighted by Gasteiger charge is 2.30. The van der Waals surface area contributed by atoms with Gasteiger partial charge in [-0.25, -0.2) is 0 Å². The second-order valence-corrected chi connectivity index (χ2v) is 4.73. The smallest absolute Gasteiger partial charge is 0.231 e. The lowest BCUT2D eigenvalue weighted by Crippen LogP contribution is -2.12. The minimum atomic E-state index is 0.0592. The number of nitrogens with zero attached hydrogens (tertiary/aromatic N) is 2. The Morgan fingerprint density at radius 1 is 1.42 bits per heavy atom. The summed E-state index contributed by atoms with van der Waals surface area (Å²) in [6.45, 7) is 3.16. The molecule has 0 radical (unpaired) electrons. The van der Waals surface area contributed by atoms with E-state index in [1.807, 2.05) is 24.3 Å². The molecular formula is C14H17N3O2. The molecule has 0 aliphatic carbocycles. The van der Waals surface area contributed by atoms with Gasteiger partial charge >= 0.3 is 0 Å². The molecule has 5 nitrogen and oxygen atoms in total. The number of benzene rings is 1. The molecule has 1 aliphatic rings. The molecule has 100 valence electrons. The molecule has 2 aromatic rings. The Morgan fingerprint density at radius 3 is 3.05 bits per heavy atom. The summed E-state index contributed by atoms with van der Waals surface area (Å²) < 4.78 is 11.0. The summed E-state index contributed by atoms with van der Waals surface area (Å²) in [6.07, 6.45) is 0.899. The van der Waals surface area contributed by atoms with E-state index in [1.54, 1.807) is 0 Å². The number of ether oxygens (including phenoxy) is 1. The Balaban J connectivity index is 1.88. The number of fused-ring (bicyclic) bond motifs is 1. The molecule has 5 heteroatoms. The molecule has 2 heterocycles. The minimum absolute atomic E-state index is 0.0592. The van der Waals surface area contributed by atoms with Gasteiger partial charge in [0.25, 0.3) is 0 Å². The summed E-state index contributed by atoms with van der Waals surface area (Å²) in [7, 11) is 0. The summed E-state index contributed by atoms with van der Waals surface area (Å²) in [4.78, 5) is 4.50. The molecule has 1 aromatic heterocycles. The molecular weight excluding hydrogens is 242 g/mol. The van der Waals surface area contributed by atoms with Gasteiger partial charge in [-0.3, -0.25) is 0 Å². The monoisotopic (exact) mass is 259 g/mol. The SMILES string of the molecule is CCC(CN)c1nc(C2COc3ccccc32)no1. The van der Waals surface area contributed by atoms with Crippen molar-refractivity contribution in [1.82, 2.24) is 10.1 Å². The van der Waals surface area contributed by atoms with E-state index in [0.717, 1.165) is 17.7 Å². The fourth-order valence-corrected chi connectivity index (χ4v) is 2.37. The lowest BCUT2D eigenvalue weighted by molar-refractivity contribution is 0.327. The van der Waals surface area contributed by atoms with E-state index in [9.17, 15) is 0 Å². The van der Waals surface area contributed by atoms with Gasteiger partial charge in [0.05, 0.1) is 11.8 Å². The summed E-state index contributed by atoms with van der Waals surface area (Å²) in [5.41, 5.74) is 6.82. The first kappa shape index (κ1) is 12.2. The Hall–Kier alpha value is -1.88. The second-order valence-electron chi connectivity index (χ2n) is 4.73. The average molecular weight is 259 g/mol. The zero-order chi connectivity index (χ0) is 13.2. The second kappa shape index (κ2) is 5.01. The standard InChI is InChI=1S/C14H17N3O2/c1-2-9(7-15)14-16-13(17-19-14)11-8-18-12-6-4-3-5-10(11)12/h3-6,9,11H,2,7-8,15H2,1H3. The van der Waals surface area contributed by atoms with Crippen molar-refractivity contribution >= 4 is 0 Å². The topological polar surface area (TPSA) is 74.2 Å². The van der Waals surface area contributed by atoms with Gasteiger partial charge in [-0.1, -0.05) is 30.3 Å². The van der Waals surface area contributed by atoms with Gasteiger partial charge in [-0.05, 0) is 12.5 Å². The number of rotatable bonds is 4. The molecule has 19 heavy (non-hydrogen) atoms. The normalized spacial score (nSPS) is 18.9. The molecule has 2 N–H and O–H groups in total. The molecule has 0 amide bonds. The number of hydrogen-bond donors (Lipinski definition) is 1. The van der Waals surface area contributed by atoms with Crippen molar-refractivity contribution in [3.8, 4) is 5.75 Å². The van der Waals surface area contributed by atoms with Crippen molar-refractivity contribution in [3.63, 3.8) is 0 Å². The lowest BCUT2D eigenvalue weighted by Gasteiger charge is -2.05. The number of para-hydroxylation sites is 1. The van der Waals surface area contributed by atoms with Crippen LogP contribution in [0.1, 0.15) is 42.5 Å². The summed E-state index contributed by atoms with van der Waals surface area (Å²) in [5, 5.41) is 4.09. The molecule has 3 rings (SSSR count). The first-order valence-corrected chi connectivity index (χ1v) is 6.58. The minimum Gasteiger partial charge on any atom is -0.492 e. The molecule has 0 bridgehead atoms. The van der Waals surface area contributed by atoms with Gasteiger partial charge in [0.2, 0.25) is 5.89 Å². The van der Waals surface area contributed by atoms with E-state index in [4.69, 9.17) is 15.0 Å². The summed E-state index contributed by atoms with van der Waals surface area (Å²) in [6, 6.07) is 7.97. The van der Waals surface area contributed by atoms with E-state index in [0.29, 0.717) is 24.9 Å². The van der Waals surface area contributed by atoms with Crippen LogP contribution in [0.5, 0.6) is 5.75 Å². The van der Waals surface area contributed by atoms with Crippen molar-refractivity contribution in [2.24, 2.45) is 5.73 Å². The Bertz CT molecular complexity index is 563. The van der Waals surface area contributed by atoms with Gasteiger partial charge in [-0.15, -0.1) is 0 Å². The highest BCUT2D eigenvalue weighted by atomic mass is 16.5. The van der Waals surface area contributed by atoms with Gasteiger partial charge in [-0.2, -0.15) is 4.98 Å². The third kappa shape index (κ3) is 2.10. The largest absolute Gasteiger partial charge is 0.492 e. The summed E-state index contributed by atoms with van der Waals surface area (Å²) >= 11 is 0. The van der Waals surface area contributed by atoms with E-state index < -0.39 is 0 Å². The fourth-order valence-electron chi connectivity index (χ4n) is 2.37. The predicted molar refractivity (Wildman–Crippen MR) is 70.2 cm³/mol. The Kier molecular flexibility index (Phi) is 3.21.